The van der Waals surface area contributed by atoms with Crippen molar-refractivity contribution in [3.8, 4) is 11.4 Å². The zero-order chi connectivity index (χ0) is 19.5. The molecule has 8 heteroatoms. The summed E-state index contributed by atoms with van der Waals surface area (Å²) in [7, 11) is 0. The molecule has 0 atom stereocenters. The predicted molar refractivity (Wildman–Crippen MR) is 107 cm³/mol. The Morgan fingerprint density at radius 1 is 1.11 bits per heavy atom. The molecule has 2 aromatic heterocycles. The minimum atomic E-state index is -0.140. The van der Waals surface area contributed by atoms with Gasteiger partial charge in [0.2, 0.25) is 5.91 Å². The predicted octanol–water partition coefficient (Wildman–Crippen LogP) is 3.61. The fourth-order valence-corrected chi connectivity index (χ4v) is 3.79. The molecule has 1 saturated carbocycles. The second-order valence-corrected chi connectivity index (χ2v) is 7.56. The highest BCUT2D eigenvalue weighted by Crippen LogP contribution is 2.41. The summed E-state index contributed by atoms with van der Waals surface area (Å²) in [5, 5.41) is 12.1. The molecule has 0 radical (unpaired) electrons. The average molecular weight is 393 g/mol. The summed E-state index contributed by atoms with van der Waals surface area (Å²) in [5.74, 6) is 0.967. The fourth-order valence-electron chi connectivity index (χ4n) is 2.89. The zero-order valence-corrected chi connectivity index (χ0v) is 16.1. The standard InChI is InChI=1S/C20H19N5O2S/c1-13(26)22-16-4-2-14(3-5-16)18(27)12-28-20-24-23-19(25(20)17-6-7-17)15-8-10-21-11-9-15/h2-5,8-11,17H,6-7,12H2,1H3,(H,22,26). The molecule has 0 aliphatic heterocycles. The van der Waals surface area contributed by atoms with Crippen LogP contribution in [0.25, 0.3) is 11.4 Å². The van der Waals surface area contributed by atoms with Gasteiger partial charge in [0, 0.05) is 42.2 Å². The molecule has 0 unspecified atom stereocenters. The van der Waals surface area contributed by atoms with Gasteiger partial charge in [-0.25, -0.2) is 0 Å². The molecule has 0 bridgehead atoms. The van der Waals surface area contributed by atoms with E-state index >= 15 is 0 Å². The number of amides is 1. The number of pyridine rings is 1. The lowest BCUT2D eigenvalue weighted by Crippen LogP contribution is -2.07. The van der Waals surface area contributed by atoms with Gasteiger partial charge in [-0.1, -0.05) is 11.8 Å². The molecule has 2 heterocycles. The van der Waals surface area contributed by atoms with E-state index in [0.717, 1.165) is 29.4 Å². The molecule has 7 nitrogen and oxygen atoms in total. The summed E-state index contributed by atoms with van der Waals surface area (Å²) in [5.41, 5.74) is 2.25. The fraction of sp³-hybridized carbons (Fsp3) is 0.250. The number of carbonyl (C=O) groups excluding carboxylic acids is 2. The van der Waals surface area contributed by atoms with Gasteiger partial charge in [-0.15, -0.1) is 10.2 Å². The van der Waals surface area contributed by atoms with E-state index in [9.17, 15) is 9.59 Å². The second-order valence-electron chi connectivity index (χ2n) is 6.61. The summed E-state index contributed by atoms with van der Waals surface area (Å²) in [4.78, 5) is 27.7. The molecule has 1 aliphatic rings. The van der Waals surface area contributed by atoms with Gasteiger partial charge in [-0.2, -0.15) is 0 Å². The summed E-state index contributed by atoms with van der Waals surface area (Å²) < 4.78 is 2.13. The molecule has 1 aliphatic carbocycles. The third kappa shape index (κ3) is 4.12. The van der Waals surface area contributed by atoms with Crippen LogP contribution in [0.4, 0.5) is 5.69 Å². The van der Waals surface area contributed by atoms with Gasteiger partial charge in [-0.05, 0) is 49.2 Å². The SMILES string of the molecule is CC(=O)Nc1ccc(C(=O)CSc2nnc(-c3ccncc3)n2C2CC2)cc1. The van der Waals surface area contributed by atoms with Crippen LogP contribution in [0.2, 0.25) is 0 Å². The van der Waals surface area contributed by atoms with E-state index in [1.54, 1.807) is 36.7 Å². The normalized spacial score (nSPS) is 13.3. The number of thioether (sulfide) groups is 1. The number of nitrogens with zero attached hydrogens (tertiary/aromatic N) is 4. The molecular formula is C20H19N5O2S. The number of rotatable bonds is 7. The number of ketones is 1. The van der Waals surface area contributed by atoms with Crippen LogP contribution in [-0.4, -0.2) is 37.2 Å². The molecule has 1 fully saturated rings. The first-order valence-electron chi connectivity index (χ1n) is 9.01. The van der Waals surface area contributed by atoms with Gasteiger partial charge in [0.05, 0.1) is 5.75 Å². The van der Waals surface area contributed by atoms with Crippen LogP contribution in [0.5, 0.6) is 0 Å². The number of Topliss-reactive ketones (excluding diaryl/α,β-unsaturated/α-hetero) is 1. The van der Waals surface area contributed by atoms with Crippen molar-refractivity contribution in [2.75, 3.05) is 11.1 Å². The van der Waals surface area contributed by atoms with Crippen LogP contribution < -0.4 is 5.32 Å². The van der Waals surface area contributed by atoms with Crippen molar-refractivity contribution < 1.29 is 9.59 Å². The van der Waals surface area contributed by atoms with Crippen LogP contribution >= 0.6 is 11.8 Å². The van der Waals surface area contributed by atoms with Crippen molar-refractivity contribution in [2.45, 2.75) is 31.0 Å². The molecule has 28 heavy (non-hydrogen) atoms. The summed E-state index contributed by atoms with van der Waals surface area (Å²) in [6.07, 6.45) is 5.68. The monoisotopic (exact) mass is 393 g/mol. The number of nitrogens with one attached hydrogen (secondary N) is 1. The third-order valence-electron chi connectivity index (χ3n) is 4.37. The van der Waals surface area contributed by atoms with E-state index in [-0.39, 0.29) is 17.4 Å². The molecule has 1 aromatic carbocycles. The Morgan fingerprint density at radius 3 is 2.46 bits per heavy atom. The van der Waals surface area contributed by atoms with E-state index in [1.165, 1.54) is 18.7 Å². The van der Waals surface area contributed by atoms with E-state index in [2.05, 4.69) is 25.1 Å². The van der Waals surface area contributed by atoms with Gasteiger partial charge in [0.25, 0.3) is 0 Å². The highest BCUT2D eigenvalue weighted by molar-refractivity contribution is 7.99. The number of hydrogen-bond donors (Lipinski definition) is 1. The zero-order valence-electron chi connectivity index (χ0n) is 15.3. The maximum Gasteiger partial charge on any atom is 0.221 e. The molecule has 1 amide bonds. The number of anilines is 1. The Bertz CT molecular complexity index is 997. The van der Waals surface area contributed by atoms with Gasteiger partial charge < -0.3 is 5.32 Å². The maximum atomic E-state index is 12.6. The van der Waals surface area contributed by atoms with E-state index in [1.807, 2.05) is 12.1 Å². The quantitative estimate of drug-likeness (QED) is 0.487. The van der Waals surface area contributed by atoms with Gasteiger partial charge >= 0.3 is 0 Å². The smallest absolute Gasteiger partial charge is 0.221 e. The Morgan fingerprint density at radius 2 is 1.82 bits per heavy atom. The van der Waals surface area contributed by atoms with Crippen molar-refractivity contribution >= 4 is 29.1 Å². The van der Waals surface area contributed by atoms with E-state index in [4.69, 9.17) is 0 Å². The van der Waals surface area contributed by atoms with Crippen molar-refractivity contribution in [3.05, 3.63) is 54.4 Å². The van der Waals surface area contributed by atoms with Crippen molar-refractivity contribution in [1.29, 1.82) is 0 Å². The number of hydrogen-bond acceptors (Lipinski definition) is 6. The highest BCUT2D eigenvalue weighted by atomic mass is 32.2. The molecule has 3 aromatic rings. The van der Waals surface area contributed by atoms with Crippen molar-refractivity contribution in [2.24, 2.45) is 0 Å². The third-order valence-corrected chi connectivity index (χ3v) is 5.32. The van der Waals surface area contributed by atoms with Crippen molar-refractivity contribution in [3.63, 3.8) is 0 Å². The molecule has 0 spiro atoms. The number of aromatic nitrogens is 4. The van der Waals surface area contributed by atoms with Crippen LogP contribution in [0, 0.1) is 0 Å². The largest absolute Gasteiger partial charge is 0.326 e. The van der Waals surface area contributed by atoms with Crippen molar-refractivity contribution in [1.82, 2.24) is 19.7 Å². The Labute approximate surface area is 166 Å². The Kier molecular flexibility index (Phi) is 5.21. The topological polar surface area (TPSA) is 89.8 Å². The van der Waals surface area contributed by atoms with Crippen LogP contribution in [0.1, 0.15) is 36.2 Å². The first kappa shape index (κ1) is 18.4. The Hall–Kier alpha value is -3.00. The summed E-state index contributed by atoms with van der Waals surface area (Å²) >= 11 is 1.40. The lowest BCUT2D eigenvalue weighted by atomic mass is 10.1. The van der Waals surface area contributed by atoms with E-state index < -0.39 is 0 Å². The lowest BCUT2D eigenvalue weighted by Gasteiger charge is -2.08. The van der Waals surface area contributed by atoms with Crippen LogP contribution in [0.15, 0.2) is 53.9 Å². The maximum absolute atomic E-state index is 12.6. The molecule has 0 saturated heterocycles. The number of carbonyl (C=O) groups is 2. The minimum Gasteiger partial charge on any atom is -0.326 e. The van der Waals surface area contributed by atoms with Gasteiger partial charge in [0.15, 0.2) is 16.8 Å². The average Bonchev–Trinajstić information content (AvgIpc) is 3.46. The van der Waals surface area contributed by atoms with Gasteiger partial charge in [-0.3, -0.25) is 19.1 Å². The number of benzene rings is 1. The lowest BCUT2D eigenvalue weighted by molar-refractivity contribution is -0.114. The van der Waals surface area contributed by atoms with Crippen LogP contribution in [0.3, 0.4) is 0 Å². The Balaban J connectivity index is 1.47. The molecule has 142 valence electrons. The highest BCUT2D eigenvalue weighted by Gasteiger charge is 2.30. The first-order chi connectivity index (χ1) is 13.6. The molecule has 4 rings (SSSR count). The van der Waals surface area contributed by atoms with Gasteiger partial charge in [0.1, 0.15) is 0 Å². The molecule has 1 N–H and O–H groups in total. The summed E-state index contributed by atoms with van der Waals surface area (Å²) in [6.45, 7) is 1.45. The minimum absolute atomic E-state index is 0.00943. The second kappa shape index (κ2) is 7.93. The first-order valence-corrected chi connectivity index (χ1v) is 9.99. The van der Waals surface area contributed by atoms with Crippen LogP contribution in [-0.2, 0) is 4.79 Å². The van der Waals surface area contributed by atoms with E-state index in [0.29, 0.717) is 17.3 Å². The summed E-state index contributed by atoms with van der Waals surface area (Å²) in [6, 6.07) is 11.1. The molecular weight excluding hydrogens is 374 g/mol.